The van der Waals surface area contributed by atoms with Crippen molar-refractivity contribution in [3.8, 4) is 0 Å². The van der Waals surface area contributed by atoms with E-state index < -0.39 is 0 Å². The summed E-state index contributed by atoms with van der Waals surface area (Å²) in [7, 11) is 0. The molecule has 4 heteroatoms. The van der Waals surface area contributed by atoms with Crippen molar-refractivity contribution in [2.24, 2.45) is 0 Å². The van der Waals surface area contributed by atoms with Gasteiger partial charge in [-0.05, 0) is 38.9 Å². The summed E-state index contributed by atoms with van der Waals surface area (Å²) < 4.78 is 0. The van der Waals surface area contributed by atoms with Gasteiger partial charge >= 0.3 is 0 Å². The second kappa shape index (κ2) is 5.61. The average Bonchev–Trinajstić information content (AvgIpc) is 2.86. The fourth-order valence-electron chi connectivity index (χ4n) is 3.13. The van der Waals surface area contributed by atoms with E-state index in [2.05, 4.69) is 23.4 Å². The molecule has 1 saturated heterocycles. The molecule has 1 N–H and O–H groups in total. The van der Waals surface area contributed by atoms with Gasteiger partial charge in [-0.2, -0.15) is 11.8 Å². The van der Waals surface area contributed by atoms with Crippen molar-refractivity contribution in [3.63, 3.8) is 0 Å². The Hall–Kier alpha value is -0.220. The zero-order chi connectivity index (χ0) is 12.4. The Balaban J connectivity index is 2.04. The molecule has 4 atom stereocenters. The Morgan fingerprint density at radius 2 is 2.24 bits per heavy atom. The molecule has 1 heterocycles. The van der Waals surface area contributed by atoms with E-state index in [0.29, 0.717) is 11.9 Å². The van der Waals surface area contributed by atoms with E-state index in [0.717, 1.165) is 18.1 Å². The smallest absolute Gasteiger partial charge is 0.240 e. The van der Waals surface area contributed by atoms with Gasteiger partial charge in [0.15, 0.2) is 0 Å². The van der Waals surface area contributed by atoms with Gasteiger partial charge < -0.3 is 4.90 Å². The van der Waals surface area contributed by atoms with Gasteiger partial charge in [-0.25, -0.2) is 0 Å². The summed E-state index contributed by atoms with van der Waals surface area (Å²) in [5.41, 5.74) is 0. The van der Waals surface area contributed by atoms with Crippen LogP contribution in [0.3, 0.4) is 0 Å². The molecular weight excluding hydrogens is 232 g/mol. The second-order valence-corrected chi connectivity index (χ2v) is 6.40. The molecule has 4 unspecified atom stereocenters. The number of hydrogen-bond donors (Lipinski definition) is 1. The lowest BCUT2D eigenvalue weighted by Crippen LogP contribution is -2.43. The van der Waals surface area contributed by atoms with Crippen LogP contribution >= 0.6 is 11.8 Å². The summed E-state index contributed by atoms with van der Waals surface area (Å²) in [5, 5.41) is 4.19. The highest BCUT2D eigenvalue weighted by molar-refractivity contribution is 7.99. The third kappa shape index (κ3) is 2.63. The van der Waals surface area contributed by atoms with Crippen molar-refractivity contribution in [1.29, 1.82) is 0 Å². The first-order chi connectivity index (χ1) is 8.17. The van der Waals surface area contributed by atoms with Gasteiger partial charge in [-0.15, -0.1) is 0 Å². The van der Waals surface area contributed by atoms with Crippen LogP contribution in [0, 0.1) is 0 Å². The zero-order valence-electron chi connectivity index (χ0n) is 11.1. The predicted molar refractivity (Wildman–Crippen MR) is 73.1 cm³/mol. The Morgan fingerprint density at radius 1 is 1.47 bits per heavy atom. The van der Waals surface area contributed by atoms with Crippen LogP contribution in [0.15, 0.2) is 0 Å². The molecule has 0 aromatic heterocycles. The number of hydrogen-bond acceptors (Lipinski definition) is 3. The number of amides is 1. The zero-order valence-corrected chi connectivity index (χ0v) is 11.9. The first-order valence-electron chi connectivity index (χ1n) is 6.78. The largest absolute Gasteiger partial charge is 0.323 e. The monoisotopic (exact) mass is 256 g/mol. The third-order valence-electron chi connectivity index (χ3n) is 4.05. The van der Waals surface area contributed by atoms with Gasteiger partial charge in [-0.3, -0.25) is 10.1 Å². The Bertz CT molecular complexity index is 285. The van der Waals surface area contributed by atoms with Crippen LogP contribution in [-0.2, 0) is 4.79 Å². The summed E-state index contributed by atoms with van der Waals surface area (Å²) in [6, 6.07) is 0.494. The number of nitrogens with zero attached hydrogens (tertiary/aromatic N) is 1. The van der Waals surface area contributed by atoms with Gasteiger partial charge in [0.2, 0.25) is 5.91 Å². The van der Waals surface area contributed by atoms with Crippen LogP contribution in [0.2, 0.25) is 0 Å². The van der Waals surface area contributed by atoms with Crippen LogP contribution in [-0.4, -0.2) is 40.6 Å². The van der Waals surface area contributed by atoms with E-state index in [1.807, 2.05) is 18.7 Å². The van der Waals surface area contributed by atoms with E-state index in [-0.39, 0.29) is 12.2 Å². The van der Waals surface area contributed by atoms with Crippen molar-refractivity contribution in [2.45, 2.75) is 69.5 Å². The summed E-state index contributed by atoms with van der Waals surface area (Å²) in [6.07, 6.45) is 8.32. The maximum Gasteiger partial charge on any atom is 0.240 e. The molecule has 2 rings (SSSR count). The highest BCUT2D eigenvalue weighted by atomic mass is 32.2. The van der Waals surface area contributed by atoms with E-state index in [4.69, 9.17) is 0 Å². The van der Waals surface area contributed by atoms with Crippen LogP contribution < -0.4 is 5.32 Å². The number of thioether (sulfide) groups is 1. The van der Waals surface area contributed by atoms with Gasteiger partial charge in [0, 0.05) is 11.3 Å². The summed E-state index contributed by atoms with van der Waals surface area (Å²) in [6.45, 7) is 4.18. The maximum atomic E-state index is 12.2. The van der Waals surface area contributed by atoms with Crippen LogP contribution in [0.1, 0.15) is 46.0 Å². The molecule has 0 bridgehead atoms. The molecule has 1 aliphatic heterocycles. The predicted octanol–water partition coefficient (Wildman–Crippen LogP) is 2.22. The quantitative estimate of drug-likeness (QED) is 0.837. The molecule has 0 aromatic rings. The SMILES string of the molecule is CCCC1NC(C)C(=O)N1C1CCC(SC)C1. The molecule has 0 aromatic carbocycles. The van der Waals surface area contributed by atoms with Crippen molar-refractivity contribution in [3.05, 3.63) is 0 Å². The van der Waals surface area contributed by atoms with Crippen LogP contribution in [0.25, 0.3) is 0 Å². The first kappa shape index (κ1) is 13.2. The Morgan fingerprint density at radius 3 is 2.82 bits per heavy atom. The summed E-state index contributed by atoms with van der Waals surface area (Å²) in [5.74, 6) is 0.315. The maximum absolute atomic E-state index is 12.2. The average molecular weight is 256 g/mol. The van der Waals surface area contributed by atoms with E-state index in [9.17, 15) is 4.79 Å². The van der Waals surface area contributed by atoms with Crippen LogP contribution in [0.5, 0.6) is 0 Å². The minimum Gasteiger partial charge on any atom is -0.323 e. The second-order valence-electron chi connectivity index (χ2n) is 5.26. The van der Waals surface area contributed by atoms with Gasteiger partial charge in [0.1, 0.15) is 0 Å². The fourth-order valence-corrected chi connectivity index (χ4v) is 3.92. The molecule has 2 fully saturated rings. The number of carbonyl (C=O) groups is 1. The van der Waals surface area contributed by atoms with Crippen LogP contribution in [0.4, 0.5) is 0 Å². The Kier molecular flexibility index (Phi) is 4.36. The highest BCUT2D eigenvalue weighted by Crippen LogP contribution is 2.34. The molecule has 17 heavy (non-hydrogen) atoms. The number of rotatable bonds is 4. The lowest BCUT2D eigenvalue weighted by Gasteiger charge is -2.30. The van der Waals surface area contributed by atoms with E-state index in [1.54, 1.807) is 0 Å². The minimum atomic E-state index is 0.0138. The molecule has 1 aliphatic carbocycles. The van der Waals surface area contributed by atoms with Crippen molar-refractivity contribution in [1.82, 2.24) is 10.2 Å². The summed E-state index contributed by atoms with van der Waals surface area (Å²) >= 11 is 1.95. The lowest BCUT2D eigenvalue weighted by molar-refractivity contribution is -0.132. The fraction of sp³-hybridized carbons (Fsp3) is 0.923. The highest BCUT2D eigenvalue weighted by Gasteiger charge is 2.42. The number of carbonyl (C=O) groups excluding carboxylic acids is 1. The topological polar surface area (TPSA) is 32.3 Å². The minimum absolute atomic E-state index is 0.0138. The first-order valence-corrected chi connectivity index (χ1v) is 8.07. The van der Waals surface area contributed by atoms with Crippen molar-refractivity contribution in [2.75, 3.05) is 6.26 Å². The van der Waals surface area contributed by atoms with Gasteiger partial charge in [0.05, 0.1) is 12.2 Å². The van der Waals surface area contributed by atoms with Gasteiger partial charge in [-0.1, -0.05) is 13.3 Å². The molecule has 98 valence electrons. The molecule has 3 nitrogen and oxygen atoms in total. The van der Waals surface area contributed by atoms with Crippen molar-refractivity contribution >= 4 is 17.7 Å². The molecule has 0 radical (unpaired) electrons. The molecular formula is C13H24N2OS. The van der Waals surface area contributed by atoms with E-state index in [1.165, 1.54) is 19.3 Å². The lowest BCUT2D eigenvalue weighted by atomic mass is 10.1. The normalized spacial score (nSPS) is 38.1. The standard InChI is InChI=1S/C13H24N2OS/c1-4-5-12-14-9(2)13(16)15(12)10-6-7-11(8-10)17-3/h9-12,14H,4-8H2,1-3H3. The van der Waals surface area contributed by atoms with Gasteiger partial charge in [0.25, 0.3) is 0 Å². The summed E-state index contributed by atoms with van der Waals surface area (Å²) in [4.78, 5) is 14.4. The molecule has 1 saturated carbocycles. The molecule has 0 spiro atoms. The van der Waals surface area contributed by atoms with E-state index >= 15 is 0 Å². The third-order valence-corrected chi connectivity index (χ3v) is 5.14. The molecule has 2 aliphatic rings. The Labute approximate surface area is 109 Å². The number of nitrogens with one attached hydrogen (secondary N) is 1. The van der Waals surface area contributed by atoms with Crippen molar-refractivity contribution < 1.29 is 4.79 Å². The molecule has 1 amide bonds.